The molecule has 0 saturated carbocycles. The van der Waals surface area contributed by atoms with Gasteiger partial charge in [0.15, 0.2) is 5.11 Å². The van der Waals surface area contributed by atoms with Crippen molar-refractivity contribution >= 4 is 40.7 Å². The molecule has 0 heterocycles. The summed E-state index contributed by atoms with van der Waals surface area (Å²) in [6.07, 6.45) is 0. The highest BCUT2D eigenvalue weighted by molar-refractivity contribution is 7.80. The first-order valence-electron chi connectivity index (χ1n) is 12.2. The first-order chi connectivity index (χ1) is 18.6. The molecular formula is C29H32N4O5S. The predicted molar refractivity (Wildman–Crippen MR) is 154 cm³/mol. The zero-order valence-electron chi connectivity index (χ0n) is 22.3. The molecule has 3 aromatic rings. The monoisotopic (exact) mass is 548 g/mol. The van der Waals surface area contributed by atoms with Crippen molar-refractivity contribution in [1.29, 1.82) is 0 Å². The second kappa shape index (κ2) is 13.5. The predicted octanol–water partition coefficient (Wildman–Crippen LogP) is 4.21. The molecule has 204 valence electrons. The Bertz CT molecular complexity index is 1320. The zero-order valence-corrected chi connectivity index (χ0v) is 23.1. The lowest BCUT2D eigenvalue weighted by Crippen LogP contribution is -2.48. The Hall–Kier alpha value is -4.28. The minimum atomic E-state index is -0.497. The molecule has 3 aromatic carbocycles. The summed E-state index contributed by atoms with van der Waals surface area (Å²) in [7, 11) is 1.56. The van der Waals surface area contributed by atoms with Crippen LogP contribution < -0.4 is 26.2 Å². The van der Waals surface area contributed by atoms with E-state index in [0.717, 1.165) is 5.56 Å². The van der Waals surface area contributed by atoms with Gasteiger partial charge in [-0.15, -0.1) is 0 Å². The number of hydrazine groups is 1. The van der Waals surface area contributed by atoms with Crippen molar-refractivity contribution < 1.29 is 23.9 Å². The van der Waals surface area contributed by atoms with Gasteiger partial charge in [0.1, 0.15) is 12.4 Å². The molecule has 0 fully saturated rings. The number of thiocarbonyl (C=S) groups is 1. The van der Waals surface area contributed by atoms with Crippen molar-refractivity contribution in [2.75, 3.05) is 25.6 Å². The average Bonchev–Trinajstić information content (AvgIpc) is 2.92. The number of methoxy groups -OCH3 is 1. The average molecular weight is 549 g/mol. The molecule has 4 N–H and O–H groups in total. The SMILES string of the molecule is COCCOc1ccccc1C(=O)NC(=S)NNC(=O)c1ccc(NC(=O)c2ccc(C(C)(C)C)cc2)cc1. The van der Waals surface area contributed by atoms with E-state index >= 15 is 0 Å². The van der Waals surface area contributed by atoms with Crippen LogP contribution in [0.1, 0.15) is 57.4 Å². The van der Waals surface area contributed by atoms with Gasteiger partial charge < -0.3 is 14.8 Å². The van der Waals surface area contributed by atoms with Gasteiger partial charge in [-0.1, -0.05) is 45.0 Å². The molecule has 0 radical (unpaired) electrons. The number of carbonyl (C=O) groups is 3. The van der Waals surface area contributed by atoms with Gasteiger partial charge in [-0.3, -0.25) is 30.6 Å². The fourth-order valence-electron chi connectivity index (χ4n) is 3.43. The second-order valence-electron chi connectivity index (χ2n) is 9.56. The molecule has 0 bridgehead atoms. The number of anilines is 1. The summed E-state index contributed by atoms with van der Waals surface area (Å²) < 4.78 is 10.5. The zero-order chi connectivity index (χ0) is 28.4. The Labute approximate surface area is 233 Å². The summed E-state index contributed by atoms with van der Waals surface area (Å²) in [6.45, 7) is 6.99. The quantitative estimate of drug-likeness (QED) is 0.189. The van der Waals surface area contributed by atoms with Crippen LogP contribution in [0.2, 0.25) is 0 Å². The smallest absolute Gasteiger partial charge is 0.269 e. The van der Waals surface area contributed by atoms with Crippen molar-refractivity contribution in [3.63, 3.8) is 0 Å². The molecule has 9 nitrogen and oxygen atoms in total. The first-order valence-corrected chi connectivity index (χ1v) is 12.6. The number of rotatable bonds is 8. The lowest BCUT2D eigenvalue weighted by atomic mass is 9.87. The van der Waals surface area contributed by atoms with Gasteiger partial charge in [0.2, 0.25) is 0 Å². The summed E-state index contributed by atoms with van der Waals surface area (Å²) in [5.41, 5.74) is 7.76. The van der Waals surface area contributed by atoms with Gasteiger partial charge in [-0.25, -0.2) is 0 Å². The number of ether oxygens (including phenoxy) is 2. The number of nitrogens with one attached hydrogen (secondary N) is 4. The van der Waals surface area contributed by atoms with Crippen LogP contribution in [0.15, 0.2) is 72.8 Å². The van der Waals surface area contributed by atoms with Crippen LogP contribution in [0.25, 0.3) is 0 Å². The van der Waals surface area contributed by atoms with Crippen LogP contribution in [-0.2, 0) is 10.2 Å². The number of amides is 3. The summed E-state index contributed by atoms with van der Waals surface area (Å²) >= 11 is 5.12. The van der Waals surface area contributed by atoms with Gasteiger partial charge in [0.25, 0.3) is 17.7 Å². The Kier molecular flexibility index (Phi) is 10.1. The van der Waals surface area contributed by atoms with Crippen LogP contribution >= 0.6 is 12.2 Å². The van der Waals surface area contributed by atoms with Gasteiger partial charge >= 0.3 is 0 Å². The highest BCUT2D eigenvalue weighted by Gasteiger charge is 2.16. The van der Waals surface area contributed by atoms with Gasteiger partial charge in [-0.2, -0.15) is 0 Å². The van der Waals surface area contributed by atoms with E-state index in [4.69, 9.17) is 21.7 Å². The van der Waals surface area contributed by atoms with Gasteiger partial charge in [0, 0.05) is 23.9 Å². The van der Waals surface area contributed by atoms with E-state index in [2.05, 4.69) is 42.3 Å². The van der Waals surface area contributed by atoms with Crippen LogP contribution in [0.3, 0.4) is 0 Å². The number of carbonyl (C=O) groups excluding carboxylic acids is 3. The number of para-hydroxylation sites is 1. The van der Waals surface area contributed by atoms with E-state index < -0.39 is 11.8 Å². The van der Waals surface area contributed by atoms with Crippen molar-refractivity contribution in [3.8, 4) is 5.75 Å². The van der Waals surface area contributed by atoms with E-state index in [1.807, 2.05) is 12.1 Å². The Morgan fingerprint density at radius 2 is 1.38 bits per heavy atom. The Morgan fingerprint density at radius 1 is 0.769 bits per heavy atom. The minimum absolute atomic E-state index is 0.0000594. The molecule has 3 amide bonds. The molecular weight excluding hydrogens is 516 g/mol. The van der Waals surface area contributed by atoms with E-state index in [-0.39, 0.29) is 28.6 Å². The first kappa shape index (κ1) is 29.3. The number of hydrogen-bond donors (Lipinski definition) is 4. The van der Waals surface area contributed by atoms with Crippen LogP contribution in [0.5, 0.6) is 5.75 Å². The van der Waals surface area contributed by atoms with Crippen molar-refractivity contribution in [3.05, 3.63) is 95.1 Å². The largest absolute Gasteiger partial charge is 0.490 e. The molecule has 0 unspecified atom stereocenters. The van der Waals surface area contributed by atoms with Crippen molar-refractivity contribution in [2.45, 2.75) is 26.2 Å². The molecule has 0 spiro atoms. The fraction of sp³-hybridized carbons (Fsp3) is 0.241. The molecule has 10 heteroatoms. The summed E-state index contributed by atoms with van der Waals surface area (Å²) in [4.78, 5) is 37.7. The summed E-state index contributed by atoms with van der Waals surface area (Å²) in [5, 5.41) is 5.22. The van der Waals surface area contributed by atoms with E-state index in [1.165, 1.54) is 0 Å². The van der Waals surface area contributed by atoms with E-state index in [0.29, 0.717) is 29.2 Å². The molecule has 39 heavy (non-hydrogen) atoms. The maximum Gasteiger partial charge on any atom is 0.269 e. The van der Waals surface area contributed by atoms with Crippen molar-refractivity contribution in [2.24, 2.45) is 0 Å². The molecule has 0 aliphatic carbocycles. The highest BCUT2D eigenvalue weighted by atomic mass is 32.1. The maximum atomic E-state index is 12.6. The van der Waals surface area contributed by atoms with E-state index in [1.54, 1.807) is 67.8 Å². The highest BCUT2D eigenvalue weighted by Crippen LogP contribution is 2.22. The second-order valence-corrected chi connectivity index (χ2v) is 9.97. The third-order valence-corrected chi connectivity index (χ3v) is 5.82. The normalized spacial score (nSPS) is 10.8. The standard InChI is InChI=1S/C29H32N4O5S/c1-29(2,3)21-13-9-19(10-14-21)25(34)30-22-15-11-20(12-16-22)26(35)32-33-28(39)31-27(36)23-7-5-6-8-24(23)38-18-17-37-4/h5-16H,17-18H2,1-4H3,(H,30,34)(H,32,35)(H2,31,33,36,39). The molecule has 0 atom stereocenters. The maximum absolute atomic E-state index is 12.6. The number of hydrogen-bond acceptors (Lipinski definition) is 6. The van der Waals surface area contributed by atoms with Crippen LogP contribution in [0, 0.1) is 0 Å². The summed E-state index contributed by atoms with van der Waals surface area (Å²) in [5.74, 6) is -0.845. The summed E-state index contributed by atoms with van der Waals surface area (Å²) in [6, 6.07) is 20.5. The lowest BCUT2D eigenvalue weighted by molar-refractivity contribution is 0.0933. The molecule has 0 aromatic heterocycles. The molecule has 0 aliphatic rings. The van der Waals surface area contributed by atoms with Gasteiger partial charge in [-0.05, 0) is 71.7 Å². The molecule has 3 rings (SSSR count). The van der Waals surface area contributed by atoms with Gasteiger partial charge in [0.05, 0.1) is 12.2 Å². The molecule has 0 aliphatic heterocycles. The lowest BCUT2D eigenvalue weighted by Gasteiger charge is -2.19. The third-order valence-electron chi connectivity index (χ3n) is 5.61. The molecule has 0 saturated heterocycles. The topological polar surface area (TPSA) is 118 Å². The minimum Gasteiger partial charge on any atom is -0.490 e. The Balaban J connectivity index is 1.50. The number of benzene rings is 3. The third kappa shape index (κ3) is 8.62. The van der Waals surface area contributed by atoms with E-state index in [9.17, 15) is 14.4 Å². The van der Waals surface area contributed by atoms with Crippen molar-refractivity contribution in [1.82, 2.24) is 16.2 Å². The van der Waals surface area contributed by atoms with Crippen LogP contribution in [-0.4, -0.2) is 43.2 Å². The van der Waals surface area contributed by atoms with Crippen LogP contribution in [0.4, 0.5) is 5.69 Å². The Morgan fingerprint density at radius 3 is 2.03 bits per heavy atom. The fourth-order valence-corrected chi connectivity index (χ4v) is 3.58.